The lowest BCUT2D eigenvalue weighted by atomic mass is 10.2. The molecule has 2 aromatic rings. The molecule has 96 valence electrons. The minimum Gasteiger partial charge on any atom is -0.316 e. The molecule has 1 N–H and O–H groups in total. The Hall–Kier alpha value is -1.75. The SMILES string of the molecule is CNCc1cnn(Cc2c(F)cccc2F)c1C. The van der Waals surface area contributed by atoms with Gasteiger partial charge in [-0.15, -0.1) is 0 Å². The van der Waals surface area contributed by atoms with Crippen molar-refractivity contribution in [1.29, 1.82) is 0 Å². The summed E-state index contributed by atoms with van der Waals surface area (Å²) in [6, 6.07) is 3.87. The highest BCUT2D eigenvalue weighted by Gasteiger charge is 2.12. The molecule has 1 aromatic heterocycles. The van der Waals surface area contributed by atoms with Gasteiger partial charge in [-0.1, -0.05) is 6.07 Å². The van der Waals surface area contributed by atoms with Crippen LogP contribution in [0, 0.1) is 18.6 Å². The van der Waals surface area contributed by atoms with Gasteiger partial charge in [0.15, 0.2) is 0 Å². The summed E-state index contributed by atoms with van der Waals surface area (Å²) in [4.78, 5) is 0. The summed E-state index contributed by atoms with van der Waals surface area (Å²) in [5.41, 5.74) is 1.97. The zero-order valence-electron chi connectivity index (χ0n) is 10.4. The van der Waals surface area contributed by atoms with Gasteiger partial charge in [-0.2, -0.15) is 5.10 Å². The molecule has 2 rings (SSSR count). The number of hydrogen-bond acceptors (Lipinski definition) is 2. The van der Waals surface area contributed by atoms with E-state index in [0.717, 1.165) is 11.3 Å². The van der Waals surface area contributed by atoms with Gasteiger partial charge in [0.2, 0.25) is 0 Å². The number of benzene rings is 1. The van der Waals surface area contributed by atoms with Gasteiger partial charge in [-0.3, -0.25) is 4.68 Å². The van der Waals surface area contributed by atoms with E-state index in [1.54, 1.807) is 10.9 Å². The second-order valence-electron chi connectivity index (χ2n) is 4.14. The smallest absolute Gasteiger partial charge is 0.131 e. The molecule has 0 radical (unpaired) electrons. The largest absolute Gasteiger partial charge is 0.316 e. The van der Waals surface area contributed by atoms with Gasteiger partial charge in [-0.05, 0) is 26.1 Å². The fourth-order valence-corrected chi connectivity index (χ4v) is 1.84. The third-order valence-corrected chi connectivity index (χ3v) is 2.94. The van der Waals surface area contributed by atoms with Gasteiger partial charge in [0.05, 0.1) is 12.7 Å². The van der Waals surface area contributed by atoms with E-state index in [1.165, 1.54) is 18.2 Å². The first kappa shape index (κ1) is 12.7. The van der Waals surface area contributed by atoms with Crippen molar-refractivity contribution in [2.45, 2.75) is 20.0 Å². The van der Waals surface area contributed by atoms with E-state index in [0.29, 0.717) is 6.54 Å². The standard InChI is InChI=1S/C13H15F2N3/c1-9-10(6-16-2)7-17-18(9)8-11-12(14)4-3-5-13(11)15/h3-5,7,16H,6,8H2,1-2H3. The zero-order valence-corrected chi connectivity index (χ0v) is 10.4. The van der Waals surface area contributed by atoms with Crippen molar-refractivity contribution in [3.8, 4) is 0 Å². The van der Waals surface area contributed by atoms with E-state index in [9.17, 15) is 8.78 Å². The first-order valence-corrected chi connectivity index (χ1v) is 5.72. The van der Waals surface area contributed by atoms with E-state index in [1.807, 2.05) is 14.0 Å². The Labute approximate surface area is 104 Å². The van der Waals surface area contributed by atoms with Gasteiger partial charge < -0.3 is 5.32 Å². The molecule has 0 fully saturated rings. The van der Waals surface area contributed by atoms with Crippen LogP contribution in [0.3, 0.4) is 0 Å². The Morgan fingerprint density at radius 2 is 1.94 bits per heavy atom. The molecular weight excluding hydrogens is 236 g/mol. The lowest BCUT2D eigenvalue weighted by Gasteiger charge is -2.08. The highest BCUT2D eigenvalue weighted by Crippen LogP contribution is 2.15. The van der Waals surface area contributed by atoms with Crippen LogP contribution in [-0.4, -0.2) is 16.8 Å². The Kier molecular flexibility index (Phi) is 3.72. The normalized spacial score (nSPS) is 10.9. The van der Waals surface area contributed by atoms with Crippen molar-refractivity contribution < 1.29 is 8.78 Å². The Morgan fingerprint density at radius 1 is 1.28 bits per heavy atom. The second-order valence-corrected chi connectivity index (χ2v) is 4.14. The van der Waals surface area contributed by atoms with E-state index in [2.05, 4.69) is 10.4 Å². The molecule has 0 bridgehead atoms. The van der Waals surface area contributed by atoms with Crippen molar-refractivity contribution in [3.05, 3.63) is 52.9 Å². The van der Waals surface area contributed by atoms with Crippen LogP contribution in [-0.2, 0) is 13.1 Å². The van der Waals surface area contributed by atoms with Gasteiger partial charge in [0.25, 0.3) is 0 Å². The summed E-state index contributed by atoms with van der Waals surface area (Å²) in [7, 11) is 1.84. The number of hydrogen-bond donors (Lipinski definition) is 1. The van der Waals surface area contributed by atoms with Crippen LogP contribution < -0.4 is 5.32 Å². The molecule has 0 saturated heterocycles. The third kappa shape index (κ3) is 2.41. The summed E-state index contributed by atoms with van der Waals surface area (Å²) < 4.78 is 28.7. The summed E-state index contributed by atoms with van der Waals surface area (Å²) in [6.45, 7) is 2.68. The van der Waals surface area contributed by atoms with Crippen molar-refractivity contribution in [2.75, 3.05) is 7.05 Å². The number of nitrogens with one attached hydrogen (secondary N) is 1. The minimum atomic E-state index is -0.542. The maximum atomic E-state index is 13.5. The molecule has 0 aliphatic heterocycles. The third-order valence-electron chi connectivity index (χ3n) is 2.94. The molecule has 0 amide bonds. The van der Waals surface area contributed by atoms with Crippen LogP contribution in [0.1, 0.15) is 16.8 Å². The highest BCUT2D eigenvalue weighted by molar-refractivity contribution is 5.22. The average Bonchev–Trinajstić information content (AvgIpc) is 2.67. The maximum Gasteiger partial charge on any atom is 0.131 e. The van der Waals surface area contributed by atoms with E-state index in [4.69, 9.17) is 0 Å². The van der Waals surface area contributed by atoms with Gasteiger partial charge >= 0.3 is 0 Å². The van der Waals surface area contributed by atoms with Crippen LogP contribution in [0.15, 0.2) is 24.4 Å². The first-order valence-electron chi connectivity index (χ1n) is 5.72. The van der Waals surface area contributed by atoms with Gasteiger partial charge in [0.1, 0.15) is 11.6 Å². The molecule has 0 unspecified atom stereocenters. The lowest BCUT2D eigenvalue weighted by molar-refractivity contribution is 0.529. The molecule has 3 nitrogen and oxygen atoms in total. The topological polar surface area (TPSA) is 29.9 Å². The monoisotopic (exact) mass is 251 g/mol. The maximum absolute atomic E-state index is 13.5. The van der Waals surface area contributed by atoms with Crippen molar-refractivity contribution in [3.63, 3.8) is 0 Å². The molecule has 0 atom stereocenters. The van der Waals surface area contributed by atoms with Crippen LogP contribution in [0.25, 0.3) is 0 Å². The fraction of sp³-hybridized carbons (Fsp3) is 0.308. The minimum absolute atomic E-state index is 0.0414. The number of rotatable bonds is 4. The highest BCUT2D eigenvalue weighted by atomic mass is 19.1. The molecule has 0 aliphatic carbocycles. The first-order chi connectivity index (χ1) is 8.63. The number of halogens is 2. The molecule has 1 heterocycles. The molecule has 18 heavy (non-hydrogen) atoms. The van der Waals surface area contributed by atoms with E-state index >= 15 is 0 Å². The van der Waals surface area contributed by atoms with Gasteiger partial charge in [-0.25, -0.2) is 8.78 Å². The molecular formula is C13H15F2N3. The summed E-state index contributed by atoms with van der Waals surface area (Å²) in [5.74, 6) is -1.08. The number of nitrogens with zero attached hydrogens (tertiary/aromatic N) is 2. The molecule has 1 aromatic carbocycles. The fourth-order valence-electron chi connectivity index (χ4n) is 1.84. The molecule has 0 saturated carbocycles. The van der Waals surface area contributed by atoms with E-state index < -0.39 is 11.6 Å². The van der Waals surface area contributed by atoms with Crippen molar-refractivity contribution in [2.24, 2.45) is 0 Å². The summed E-state index contributed by atoms with van der Waals surface area (Å²) in [5, 5.41) is 7.18. The Balaban J connectivity index is 2.29. The van der Waals surface area contributed by atoms with Crippen LogP contribution in [0.5, 0.6) is 0 Å². The van der Waals surface area contributed by atoms with Crippen LogP contribution in [0.2, 0.25) is 0 Å². The number of aromatic nitrogens is 2. The van der Waals surface area contributed by atoms with Crippen molar-refractivity contribution in [1.82, 2.24) is 15.1 Å². The Bertz CT molecular complexity index is 529. The zero-order chi connectivity index (χ0) is 13.1. The summed E-state index contributed by atoms with van der Waals surface area (Å²) in [6.07, 6.45) is 1.71. The summed E-state index contributed by atoms with van der Waals surface area (Å²) >= 11 is 0. The molecule has 0 aliphatic rings. The predicted octanol–water partition coefficient (Wildman–Crippen LogP) is 2.24. The quantitative estimate of drug-likeness (QED) is 0.903. The van der Waals surface area contributed by atoms with E-state index in [-0.39, 0.29) is 12.1 Å². The van der Waals surface area contributed by atoms with Gasteiger partial charge in [0, 0.05) is 23.4 Å². The second kappa shape index (κ2) is 5.27. The lowest BCUT2D eigenvalue weighted by Crippen LogP contribution is -2.10. The predicted molar refractivity (Wildman–Crippen MR) is 65.2 cm³/mol. The average molecular weight is 251 g/mol. The molecule has 0 spiro atoms. The van der Waals surface area contributed by atoms with Crippen LogP contribution >= 0.6 is 0 Å². The Morgan fingerprint density at radius 3 is 2.56 bits per heavy atom. The van der Waals surface area contributed by atoms with Crippen molar-refractivity contribution >= 4 is 0 Å². The molecule has 5 heteroatoms. The van der Waals surface area contributed by atoms with Crippen LogP contribution in [0.4, 0.5) is 8.78 Å².